The normalized spacial score (nSPS) is 11.9. The summed E-state index contributed by atoms with van der Waals surface area (Å²) < 4.78 is 0. The lowest BCUT2D eigenvalue weighted by Gasteiger charge is -2.08. The second kappa shape index (κ2) is 11.9. The van der Waals surface area contributed by atoms with Crippen molar-refractivity contribution in [1.29, 1.82) is 0 Å². The molecule has 0 heterocycles. The minimum atomic E-state index is 1.02. The summed E-state index contributed by atoms with van der Waals surface area (Å²) in [5.74, 6) is 0. The second-order valence-electron chi connectivity index (χ2n) is 7.79. The largest absolute Gasteiger partial charge is 0.288 e. The van der Waals surface area contributed by atoms with Crippen LogP contribution >= 0.6 is 0 Å². The van der Waals surface area contributed by atoms with Gasteiger partial charge in [0.2, 0.25) is 0 Å². The maximum Gasteiger partial charge on any atom is 0.0640 e. The zero-order valence-electron chi connectivity index (χ0n) is 18.4. The van der Waals surface area contributed by atoms with Gasteiger partial charge in [0.05, 0.1) is 5.71 Å². The Hall–Kier alpha value is -2.93. The van der Waals surface area contributed by atoms with E-state index < -0.39 is 0 Å². The molecule has 0 unspecified atom stereocenters. The van der Waals surface area contributed by atoms with Gasteiger partial charge in [-0.1, -0.05) is 91.7 Å². The summed E-state index contributed by atoms with van der Waals surface area (Å²) in [7, 11) is 1.85. The molecular formula is C29H33N. The fourth-order valence-electron chi connectivity index (χ4n) is 3.88. The zero-order chi connectivity index (χ0) is 21.0. The molecule has 0 atom stereocenters. The van der Waals surface area contributed by atoms with Crippen LogP contribution in [-0.2, 0) is 12.8 Å². The van der Waals surface area contributed by atoms with Crippen LogP contribution in [0.25, 0.3) is 11.1 Å². The molecule has 0 radical (unpaired) electrons. The standard InChI is InChI=1S/C29H33N/c1-3-13-29(30-2)28-21-12-20-27(23-28)26-19-11-18-25(22-26)17-8-5-4-7-14-24-15-9-6-10-16-24/h3,6,9-13,15-16,18-23H,4-5,7-8,14,17H2,1-2H3/b13-3-,30-29?. The zero-order valence-corrected chi connectivity index (χ0v) is 18.4. The molecule has 0 aromatic heterocycles. The number of hydrogen-bond acceptors (Lipinski definition) is 1. The average molecular weight is 396 g/mol. The summed E-state index contributed by atoms with van der Waals surface area (Å²) in [4.78, 5) is 4.41. The number of allylic oxidation sites excluding steroid dienone is 2. The Kier molecular flexibility index (Phi) is 8.65. The van der Waals surface area contributed by atoms with Gasteiger partial charge in [-0.15, -0.1) is 0 Å². The van der Waals surface area contributed by atoms with Crippen LogP contribution in [0.4, 0.5) is 0 Å². The van der Waals surface area contributed by atoms with E-state index in [1.54, 1.807) is 0 Å². The van der Waals surface area contributed by atoms with Gasteiger partial charge in [0.25, 0.3) is 0 Å². The predicted molar refractivity (Wildman–Crippen MR) is 131 cm³/mol. The fraction of sp³-hybridized carbons (Fsp3) is 0.276. The second-order valence-corrected chi connectivity index (χ2v) is 7.79. The molecule has 0 fully saturated rings. The van der Waals surface area contributed by atoms with Crippen LogP contribution in [-0.4, -0.2) is 12.8 Å². The van der Waals surface area contributed by atoms with E-state index >= 15 is 0 Å². The fourth-order valence-corrected chi connectivity index (χ4v) is 3.88. The minimum absolute atomic E-state index is 1.02. The smallest absolute Gasteiger partial charge is 0.0640 e. The lowest BCUT2D eigenvalue weighted by molar-refractivity contribution is 0.640. The van der Waals surface area contributed by atoms with Crippen LogP contribution in [0, 0.1) is 0 Å². The highest BCUT2D eigenvalue weighted by Gasteiger charge is 2.04. The van der Waals surface area contributed by atoms with Crippen molar-refractivity contribution in [3.05, 3.63) is 108 Å². The maximum absolute atomic E-state index is 4.41. The van der Waals surface area contributed by atoms with Crippen molar-refractivity contribution in [2.45, 2.75) is 45.4 Å². The monoisotopic (exact) mass is 395 g/mol. The Morgan fingerprint density at radius 3 is 2.03 bits per heavy atom. The van der Waals surface area contributed by atoms with Gasteiger partial charge >= 0.3 is 0 Å². The predicted octanol–water partition coefficient (Wildman–Crippen LogP) is 7.69. The summed E-state index contributed by atoms with van der Waals surface area (Å²) in [5.41, 5.74) is 7.61. The van der Waals surface area contributed by atoms with Crippen LogP contribution < -0.4 is 0 Å². The molecule has 3 aromatic rings. The van der Waals surface area contributed by atoms with Crippen LogP contribution in [0.3, 0.4) is 0 Å². The summed E-state index contributed by atoms with van der Waals surface area (Å²) in [6, 6.07) is 28.5. The molecule has 0 aliphatic heterocycles. The molecule has 0 aliphatic rings. The Balaban J connectivity index is 1.53. The summed E-state index contributed by atoms with van der Waals surface area (Å²) in [6.45, 7) is 2.03. The molecule has 0 spiro atoms. The van der Waals surface area contributed by atoms with Crippen molar-refractivity contribution in [2.75, 3.05) is 7.05 Å². The Morgan fingerprint density at radius 1 is 0.700 bits per heavy atom. The Labute approximate surface area is 182 Å². The van der Waals surface area contributed by atoms with Crippen LogP contribution in [0.5, 0.6) is 0 Å². The van der Waals surface area contributed by atoms with Gasteiger partial charge < -0.3 is 0 Å². The Bertz CT molecular complexity index is 966. The summed E-state index contributed by atoms with van der Waals surface area (Å²) >= 11 is 0. The molecule has 0 saturated heterocycles. The van der Waals surface area contributed by atoms with E-state index in [-0.39, 0.29) is 0 Å². The lowest BCUT2D eigenvalue weighted by Crippen LogP contribution is -1.96. The number of nitrogens with zero attached hydrogens (tertiary/aromatic N) is 1. The molecule has 0 amide bonds. The molecule has 3 rings (SSSR count). The first-order chi connectivity index (χ1) is 14.8. The summed E-state index contributed by atoms with van der Waals surface area (Å²) in [6.07, 6.45) is 11.6. The molecule has 0 bridgehead atoms. The van der Waals surface area contributed by atoms with E-state index in [1.807, 2.05) is 20.0 Å². The van der Waals surface area contributed by atoms with Gasteiger partial charge in [0, 0.05) is 12.6 Å². The maximum atomic E-state index is 4.41. The van der Waals surface area contributed by atoms with Gasteiger partial charge in [-0.05, 0) is 67.0 Å². The quantitative estimate of drug-likeness (QED) is 0.246. The molecule has 154 valence electrons. The van der Waals surface area contributed by atoms with Gasteiger partial charge in [-0.25, -0.2) is 0 Å². The van der Waals surface area contributed by atoms with E-state index in [0.29, 0.717) is 0 Å². The van der Waals surface area contributed by atoms with Crippen molar-refractivity contribution < 1.29 is 0 Å². The highest BCUT2D eigenvalue weighted by molar-refractivity contribution is 6.09. The molecule has 0 aliphatic carbocycles. The number of rotatable bonds is 10. The molecule has 1 nitrogen and oxygen atoms in total. The van der Waals surface area contributed by atoms with Crippen LogP contribution in [0.15, 0.2) is 96.0 Å². The Morgan fingerprint density at radius 2 is 1.33 bits per heavy atom. The third-order valence-corrected chi connectivity index (χ3v) is 5.51. The van der Waals surface area contributed by atoms with E-state index in [2.05, 4.69) is 89.9 Å². The first-order valence-electron chi connectivity index (χ1n) is 11.1. The summed E-state index contributed by atoms with van der Waals surface area (Å²) in [5, 5.41) is 0. The number of unbranched alkanes of at least 4 members (excludes halogenated alkanes) is 3. The molecule has 30 heavy (non-hydrogen) atoms. The van der Waals surface area contributed by atoms with E-state index in [0.717, 1.165) is 17.7 Å². The molecule has 0 saturated carbocycles. The third-order valence-electron chi connectivity index (χ3n) is 5.51. The first kappa shape index (κ1) is 21.8. The highest BCUT2D eigenvalue weighted by atomic mass is 14.7. The molecular weight excluding hydrogens is 362 g/mol. The van der Waals surface area contributed by atoms with Crippen molar-refractivity contribution >= 4 is 5.71 Å². The van der Waals surface area contributed by atoms with Gasteiger partial charge in [-0.3, -0.25) is 4.99 Å². The van der Waals surface area contributed by atoms with Crippen LogP contribution in [0.2, 0.25) is 0 Å². The van der Waals surface area contributed by atoms with E-state index in [9.17, 15) is 0 Å². The lowest BCUT2D eigenvalue weighted by atomic mass is 9.97. The number of hydrogen-bond donors (Lipinski definition) is 0. The molecule has 0 N–H and O–H groups in total. The van der Waals surface area contributed by atoms with E-state index in [4.69, 9.17) is 0 Å². The number of aryl methyl sites for hydroxylation is 2. The van der Waals surface area contributed by atoms with Gasteiger partial charge in [0.1, 0.15) is 0 Å². The van der Waals surface area contributed by atoms with Crippen molar-refractivity contribution in [1.82, 2.24) is 0 Å². The van der Waals surface area contributed by atoms with E-state index in [1.165, 1.54) is 54.4 Å². The topological polar surface area (TPSA) is 12.4 Å². The van der Waals surface area contributed by atoms with Gasteiger partial charge in [0.15, 0.2) is 0 Å². The minimum Gasteiger partial charge on any atom is -0.288 e. The van der Waals surface area contributed by atoms with Crippen LogP contribution in [0.1, 0.15) is 49.3 Å². The highest BCUT2D eigenvalue weighted by Crippen LogP contribution is 2.23. The number of aliphatic imine (C=N–C) groups is 1. The van der Waals surface area contributed by atoms with Gasteiger partial charge in [-0.2, -0.15) is 0 Å². The number of benzene rings is 3. The van der Waals surface area contributed by atoms with Crippen molar-refractivity contribution in [3.63, 3.8) is 0 Å². The SMILES string of the molecule is C/C=C\C(=NC)c1cccc(-c2cccc(CCCCCCc3ccccc3)c2)c1. The molecule has 1 heteroatoms. The average Bonchev–Trinajstić information content (AvgIpc) is 2.80. The third kappa shape index (κ3) is 6.56. The van der Waals surface area contributed by atoms with Crippen molar-refractivity contribution in [3.8, 4) is 11.1 Å². The van der Waals surface area contributed by atoms with Crippen molar-refractivity contribution in [2.24, 2.45) is 4.99 Å². The first-order valence-corrected chi connectivity index (χ1v) is 11.1. The molecule has 3 aromatic carbocycles.